The van der Waals surface area contributed by atoms with Gasteiger partial charge in [0.05, 0.1) is 24.0 Å². The van der Waals surface area contributed by atoms with Gasteiger partial charge in [-0.25, -0.2) is 9.97 Å². The number of nitrogens with zero attached hydrogens (tertiary/aromatic N) is 8. The summed E-state index contributed by atoms with van der Waals surface area (Å²) in [5.41, 5.74) is 2.27. The molecule has 1 N–H and O–H groups in total. The maximum Gasteiger partial charge on any atom is 0.280 e. The Morgan fingerprint density at radius 3 is 2.53 bits per heavy atom. The van der Waals surface area contributed by atoms with Crippen LogP contribution in [0.4, 0.5) is 28.1 Å². The summed E-state index contributed by atoms with van der Waals surface area (Å²) in [7, 11) is 5.64. The summed E-state index contributed by atoms with van der Waals surface area (Å²) >= 11 is 1.46. The van der Waals surface area contributed by atoms with Gasteiger partial charge in [-0.1, -0.05) is 0 Å². The van der Waals surface area contributed by atoms with Crippen LogP contribution in [-0.2, 0) is 0 Å². The molecule has 6 rings (SSSR count). The molecule has 2 fully saturated rings. The number of fused-ring (bicyclic) bond motifs is 2. The predicted octanol–water partition coefficient (Wildman–Crippen LogP) is 3.59. The molecule has 0 aliphatic carbocycles. The van der Waals surface area contributed by atoms with Gasteiger partial charge in [-0.3, -0.25) is 14.5 Å². The molecule has 3 aliphatic heterocycles. The topological polar surface area (TPSA) is 110 Å². The van der Waals surface area contributed by atoms with Gasteiger partial charge in [-0.05, 0) is 51.9 Å². The van der Waals surface area contributed by atoms with E-state index in [1.165, 1.54) is 11.3 Å². The molecule has 5 heterocycles. The summed E-state index contributed by atoms with van der Waals surface area (Å²) in [5, 5.41) is 4.82. The van der Waals surface area contributed by atoms with E-state index in [1.807, 2.05) is 42.8 Å². The van der Waals surface area contributed by atoms with Crippen molar-refractivity contribution in [1.29, 1.82) is 0 Å². The first-order chi connectivity index (χ1) is 20.8. The number of benzene rings is 1. The Morgan fingerprint density at radius 2 is 1.84 bits per heavy atom. The molecule has 13 heteroatoms. The molecular formula is C30H39N9O3S. The van der Waals surface area contributed by atoms with Gasteiger partial charge in [0.1, 0.15) is 16.4 Å². The Labute approximate surface area is 256 Å². The number of hydrogen-bond acceptors (Lipinski definition) is 11. The number of ether oxygens (including phenoxy) is 1. The van der Waals surface area contributed by atoms with E-state index in [1.54, 1.807) is 24.3 Å². The number of thiazole rings is 1. The summed E-state index contributed by atoms with van der Waals surface area (Å²) in [6.07, 6.45) is 3.65. The highest BCUT2D eigenvalue weighted by molar-refractivity contribution is 7.16. The second kappa shape index (κ2) is 12.1. The van der Waals surface area contributed by atoms with Crippen LogP contribution in [0.3, 0.4) is 0 Å². The highest BCUT2D eigenvalue weighted by atomic mass is 32.1. The lowest BCUT2D eigenvalue weighted by atomic mass is 10.0. The molecule has 0 saturated carbocycles. The molecule has 3 aliphatic rings. The molecule has 0 spiro atoms. The Morgan fingerprint density at radius 1 is 1.09 bits per heavy atom. The Hall–Kier alpha value is -3.81. The van der Waals surface area contributed by atoms with Crippen molar-refractivity contribution in [2.45, 2.75) is 32.7 Å². The maximum atomic E-state index is 13.4. The summed E-state index contributed by atoms with van der Waals surface area (Å²) in [6, 6.07) is 5.97. The van der Waals surface area contributed by atoms with Gasteiger partial charge in [0, 0.05) is 64.5 Å². The lowest BCUT2D eigenvalue weighted by Gasteiger charge is -2.42. The van der Waals surface area contributed by atoms with E-state index in [9.17, 15) is 9.59 Å². The Balaban J connectivity index is 1.18. The second-order valence-corrected chi connectivity index (χ2v) is 12.5. The van der Waals surface area contributed by atoms with Crippen LogP contribution in [0.15, 0.2) is 24.4 Å². The molecule has 1 aromatic carbocycles. The predicted molar refractivity (Wildman–Crippen MR) is 169 cm³/mol. The third-order valence-corrected chi connectivity index (χ3v) is 9.69. The van der Waals surface area contributed by atoms with Crippen LogP contribution in [0, 0.1) is 6.92 Å². The van der Waals surface area contributed by atoms with Gasteiger partial charge in [-0.2, -0.15) is 4.98 Å². The van der Waals surface area contributed by atoms with Crippen molar-refractivity contribution < 1.29 is 14.3 Å². The lowest BCUT2D eigenvalue weighted by molar-refractivity contribution is 0.0518. The molecule has 2 saturated heterocycles. The number of aryl methyl sites for hydroxylation is 1. The van der Waals surface area contributed by atoms with E-state index in [4.69, 9.17) is 9.72 Å². The standard InChI is InChI=1S/C30H39N9O3S/c1-6-39-23-18-31-30(34-26(23)36(4)29-25(28(39)41)32-19(2)43-29)33-22-8-7-20(17-24(22)42-5)27(40)38-11-9-21(10-12-38)37-15-13-35(3)14-16-37/h7-8,17-18,21H,6,9-16H2,1-5H3,(H,31,33,34). The van der Waals surface area contributed by atoms with E-state index in [0.717, 1.165) is 62.1 Å². The number of methoxy groups -OCH3 is 1. The Bertz CT molecular complexity index is 1510. The molecule has 2 amide bonds. The zero-order valence-corrected chi connectivity index (χ0v) is 26.3. The van der Waals surface area contributed by atoms with E-state index >= 15 is 0 Å². The monoisotopic (exact) mass is 605 g/mol. The number of likely N-dealkylation sites (tertiary alicyclic amines) is 1. The van der Waals surface area contributed by atoms with E-state index in [2.05, 4.69) is 32.1 Å². The molecule has 0 unspecified atom stereocenters. The van der Waals surface area contributed by atoms with Gasteiger partial charge < -0.3 is 29.7 Å². The molecular weight excluding hydrogens is 566 g/mol. The van der Waals surface area contributed by atoms with Crippen LogP contribution in [0.5, 0.6) is 5.75 Å². The lowest BCUT2D eigenvalue weighted by Crippen LogP contribution is -2.52. The van der Waals surface area contributed by atoms with Crippen LogP contribution < -0.4 is 19.9 Å². The first kappa shape index (κ1) is 29.3. The van der Waals surface area contributed by atoms with Crippen molar-refractivity contribution in [2.24, 2.45) is 0 Å². The van der Waals surface area contributed by atoms with Crippen molar-refractivity contribution in [3.8, 4) is 5.75 Å². The number of aromatic nitrogens is 3. The van der Waals surface area contributed by atoms with Crippen LogP contribution in [0.2, 0.25) is 0 Å². The number of anilines is 5. The summed E-state index contributed by atoms with van der Waals surface area (Å²) in [4.78, 5) is 51.0. The highest BCUT2D eigenvalue weighted by Crippen LogP contribution is 2.41. The van der Waals surface area contributed by atoms with Crippen molar-refractivity contribution in [2.75, 3.05) is 82.1 Å². The highest BCUT2D eigenvalue weighted by Gasteiger charge is 2.34. The molecule has 0 radical (unpaired) electrons. The number of carbonyl (C=O) groups is 2. The minimum absolute atomic E-state index is 0.0181. The average Bonchev–Trinajstić information content (AvgIpc) is 3.40. The minimum Gasteiger partial charge on any atom is -0.495 e. The molecule has 43 heavy (non-hydrogen) atoms. The number of piperidine rings is 1. The fourth-order valence-corrected chi connectivity index (χ4v) is 7.02. The van der Waals surface area contributed by atoms with Gasteiger partial charge >= 0.3 is 0 Å². The first-order valence-corrected chi connectivity index (χ1v) is 15.7. The second-order valence-electron chi connectivity index (χ2n) is 11.3. The molecule has 228 valence electrons. The van der Waals surface area contributed by atoms with E-state index < -0.39 is 0 Å². The number of hydrogen-bond donors (Lipinski definition) is 1. The average molecular weight is 606 g/mol. The van der Waals surface area contributed by atoms with Gasteiger partial charge in [-0.15, -0.1) is 11.3 Å². The maximum absolute atomic E-state index is 13.4. The number of amides is 2. The summed E-state index contributed by atoms with van der Waals surface area (Å²) in [5.74, 6) is 1.32. The Kier molecular flexibility index (Phi) is 8.21. The molecule has 2 aromatic heterocycles. The van der Waals surface area contributed by atoms with Gasteiger partial charge in [0.25, 0.3) is 11.8 Å². The fraction of sp³-hybridized carbons (Fsp3) is 0.500. The molecule has 3 aromatic rings. The van der Waals surface area contributed by atoms with Crippen molar-refractivity contribution >= 4 is 51.3 Å². The third-order valence-electron chi connectivity index (χ3n) is 8.64. The number of piperazine rings is 1. The van der Waals surface area contributed by atoms with E-state index in [0.29, 0.717) is 52.7 Å². The van der Waals surface area contributed by atoms with Gasteiger partial charge in [0.2, 0.25) is 5.95 Å². The van der Waals surface area contributed by atoms with Crippen LogP contribution in [0.25, 0.3) is 0 Å². The smallest absolute Gasteiger partial charge is 0.280 e. The zero-order valence-electron chi connectivity index (χ0n) is 25.5. The SMILES string of the molecule is CCN1C(=O)c2nc(C)sc2N(C)c2nc(Nc3ccc(C(=O)N4CCC(N5CCN(C)CC5)CC4)cc3OC)ncc21. The van der Waals surface area contributed by atoms with Crippen molar-refractivity contribution in [3.05, 3.63) is 40.7 Å². The quantitative estimate of drug-likeness (QED) is 0.448. The minimum atomic E-state index is -0.165. The number of carbonyl (C=O) groups excluding carboxylic acids is 2. The largest absolute Gasteiger partial charge is 0.495 e. The summed E-state index contributed by atoms with van der Waals surface area (Å²) < 4.78 is 5.68. The fourth-order valence-electron chi connectivity index (χ4n) is 6.15. The van der Waals surface area contributed by atoms with E-state index in [-0.39, 0.29) is 11.8 Å². The van der Waals surface area contributed by atoms with Crippen LogP contribution in [-0.4, -0.2) is 115 Å². The number of nitrogens with one attached hydrogen (secondary N) is 1. The van der Waals surface area contributed by atoms with Gasteiger partial charge in [0.15, 0.2) is 11.5 Å². The molecule has 0 bridgehead atoms. The van der Waals surface area contributed by atoms with Crippen LogP contribution >= 0.6 is 11.3 Å². The molecule has 0 atom stereocenters. The summed E-state index contributed by atoms with van der Waals surface area (Å²) in [6.45, 7) is 10.2. The number of likely N-dealkylation sites (N-methyl/N-ethyl adjacent to an activating group) is 1. The first-order valence-electron chi connectivity index (χ1n) is 14.8. The number of rotatable bonds is 6. The molecule has 12 nitrogen and oxygen atoms in total. The van der Waals surface area contributed by atoms with Crippen LogP contribution in [0.1, 0.15) is 45.6 Å². The van der Waals surface area contributed by atoms with Crippen molar-refractivity contribution in [1.82, 2.24) is 29.7 Å². The van der Waals surface area contributed by atoms with Crippen molar-refractivity contribution in [3.63, 3.8) is 0 Å². The normalized spacial score (nSPS) is 18.3. The third kappa shape index (κ3) is 5.64. The zero-order chi connectivity index (χ0) is 30.2.